The third-order valence-electron chi connectivity index (χ3n) is 3.77. The fourth-order valence-corrected chi connectivity index (χ4v) is 2.88. The van der Waals surface area contributed by atoms with Gasteiger partial charge in [0.25, 0.3) is 0 Å². The van der Waals surface area contributed by atoms with Crippen LogP contribution in [0.1, 0.15) is 45.3 Å². The Morgan fingerprint density at radius 1 is 1.27 bits per heavy atom. The zero-order chi connectivity index (χ0) is 15.7. The highest BCUT2D eigenvalue weighted by Crippen LogP contribution is 2.34. The minimum Gasteiger partial charge on any atom is -0.444 e. The number of likely N-dealkylation sites (tertiary alicyclic amines) is 1. The molecule has 0 spiro atoms. The van der Waals surface area contributed by atoms with Crippen LogP contribution in [0.5, 0.6) is 0 Å². The van der Waals surface area contributed by atoms with Gasteiger partial charge in [-0.05, 0) is 39.7 Å². The van der Waals surface area contributed by atoms with Gasteiger partial charge in [0.05, 0.1) is 17.3 Å². The number of rotatable bonds is 1. The average molecular weight is 299 g/mol. The summed E-state index contributed by atoms with van der Waals surface area (Å²) in [6.07, 6.45) is 3.17. The zero-order valence-corrected chi connectivity index (χ0v) is 13.2. The second-order valence-corrected chi connectivity index (χ2v) is 6.61. The molecule has 0 bridgehead atoms. The third kappa shape index (κ3) is 2.89. The van der Waals surface area contributed by atoms with Crippen LogP contribution in [0, 0.1) is 0 Å². The quantitative estimate of drug-likeness (QED) is 0.805. The van der Waals surface area contributed by atoms with Crippen molar-refractivity contribution in [1.82, 2.24) is 14.9 Å². The topological polar surface area (TPSA) is 55.3 Å². The summed E-state index contributed by atoms with van der Waals surface area (Å²) in [5, 5.41) is 1.01. The number of carbonyl (C=O) groups excluding carboxylic acids is 1. The van der Waals surface area contributed by atoms with Crippen LogP contribution in [0.15, 0.2) is 30.6 Å². The largest absolute Gasteiger partial charge is 0.444 e. The third-order valence-corrected chi connectivity index (χ3v) is 3.77. The number of hydrogen-bond acceptors (Lipinski definition) is 4. The Morgan fingerprint density at radius 2 is 2.05 bits per heavy atom. The van der Waals surface area contributed by atoms with Crippen LogP contribution in [-0.2, 0) is 4.74 Å². The van der Waals surface area contributed by atoms with Crippen molar-refractivity contribution in [2.24, 2.45) is 0 Å². The molecule has 1 aromatic carbocycles. The first-order chi connectivity index (χ1) is 10.5. The van der Waals surface area contributed by atoms with Crippen molar-refractivity contribution in [3.63, 3.8) is 0 Å². The van der Waals surface area contributed by atoms with Gasteiger partial charge in [-0.3, -0.25) is 4.90 Å². The molecule has 1 saturated heterocycles. The Labute approximate surface area is 130 Å². The molecule has 1 atom stereocenters. The summed E-state index contributed by atoms with van der Waals surface area (Å²) >= 11 is 0. The molecule has 2 heterocycles. The highest BCUT2D eigenvalue weighted by molar-refractivity contribution is 5.81. The van der Waals surface area contributed by atoms with Crippen LogP contribution >= 0.6 is 0 Å². The van der Waals surface area contributed by atoms with Crippen LogP contribution in [0.4, 0.5) is 4.79 Å². The average Bonchev–Trinajstić information content (AvgIpc) is 2.94. The van der Waals surface area contributed by atoms with Crippen LogP contribution < -0.4 is 0 Å². The summed E-state index contributed by atoms with van der Waals surface area (Å²) < 4.78 is 5.53. The fourth-order valence-electron chi connectivity index (χ4n) is 2.88. The smallest absolute Gasteiger partial charge is 0.410 e. The van der Waals surface area contributed by atoms with E-state index in [1.807, 2.05) is 45.0 Å². The van der Waals surface area contributed by atoms with Crippen molar-refractivity contribution in [2.75, 3.05) is 6.54 Å². The molecule has 1 amide bonds. The number of nitrogens with zero attached hydrogens (tertiary/aromatic N) is 3. The lowest BCUT2D eigenvalue weighted by Gasteiger charge is -2.28. The van der Waals surface area contributed by atoms with Crippen molar-refractivity contribution in [1.29, 1.82) is 0 Å². The molecule has 1 aromatic heterocycles. The lowest BCUT2D eigenvalue weighted by atomic mass is 10.1. The second-order valence-electron chi connectivity index (χ2n) is 6.61. The maximum atomic E-state index is 12.4. The maximum Gasteiger partial charge on any atom is 0.410 e. The first kappa shape index (κ1) is 14.8. The molecule has 1 aliphatic heterocycles. The molecule has 0 aliphatic carbocycles. The van der Waals surface area contributed by atoms with E-state index in [-0.39, 0.29) is 12.1 Å². The van der Waals surface area contributed by atoms with E-state index in [9.17, 15) is 4.79 Å². The van der Waals surface area contributed by atoms with E-state index in [1.54, 1.807) is 11.2 Å². The van der Waals surface area contributed by atoms with E-state index in [4.69, 9.17) is 4.74 Å². The minimum atomic E-state index is -0.488. The van der Waals surface area contributed by atoms with Gasteiger partial charge < -0.3 is 4.74 Å². The summed E-state index contributed by atoms with van der Waals surface area (Å²) in [5.41, 5.74) is 1.33. The molecule has 22 heavy (non-hydrogen) atoms. The van der Waals surface area contributed by atoms with Gasteiger partial charge in [-0.15, -0.1) is 0 Å². The van der Waals surface area contributed by atoms with Gasteiger partial charge >= 0.3 is 6.09 Å². The van der Waals surface area contributed by atoms with Crippen molar-refractivity contribution in [3.8, 4) is 0 Å². The van der Waals surface area contributed by atoms with Crippen LogP contribution in [0.25, 0.3) is 10.9 Å². The molecule has 116 valence electrons. The first-order valence-electron chi connectivity index (χ1n) is 7.65. The summed E-state index contributed by atoms with van der Waals surface area (Å²) in [6.45, 7) is 6.36. The molecule has 1 aliphatic rings. The molecule has 1 unspecified atom stereocenters. The number of carbonyl (C=O) groups is 1. The molecule has 3 rings (SSSR count). The van der Waals surface area contributed by atoms with Crippen LogP contribution in [0.3, 0.4) is 0 Å². The van der Waals surface area contributed by atoms with E-state index >= 15 is 0 Å². The number of para-hydroxylation sites is 1. The monoisotopic (exact) mass is 299 g/mol. The van der Waals surface area contributed by atoms with Gasteiger partial charge in [-0.25, -0.2) is 14.8 Å². The van der Waals surface area contributed by atoms with E-state index in [0.717, 1.165) is 29.4 Å². The Hall–Kier alpha value is -2.17. The van der Waals surface area contributed by atoms with Crippen molar-refractivity contribution >= 4 is 17.0 Å². The number of fused-ring (bicyclic) bond motifs is 1. The van der Waals surface area contributed by atoms with Crippen LogP contribution in [-0.4, -0.2) is 33.1 Å². The lowest BCUT2D eigenvalue weighted by Crippen LogP contribution is -2.36. The SMILES string of the molecule is CC(C)(C)OC(=O)N1CCCC1c1ncnc2ccccc12. The Balaban J connectivity index is 1.94. The Bertz CT molecular complexity index is 688. The van der Waals surface area contributed by atoms with Gasteiger partial charge in [-0.1, -0.05) is 18.2 Å². The molecule has 0 radical (unpaired) electrons. The van der Waals surface area contributed by atoms with E-state index < -0.39 is 5.60 Å². The lowest BCUT2D eigenvalue weighted by molar-refractivity contribution is 0.0222. The molecule has 5 nitrogen and oxygen atoms in total. The Kier molecular flexibility index (Phi) is 3.72. The summed E-state index contributed by atoms with van der Waals surface area (Å²) in [5.74, 6) is 0. The zero-order valence-electron chi connectivity index (χ0n) is 13.2. The molecule has 5 heteroatoms. The highest BCUT2D eigenvalue weighted by atomic mass is 16.6. The molecule has 2 aromatic rings. The van der Waals surface area contributed by atoms with Gasteiger partial charge in [0.1, 0.15) is 11.9 Å². The molecule has 1 fully saturated rings. The van der Waals surface area contributed by atoms with Crippen LogP contribution in [0.2, 0.25) is 0 Å². The molecule has 0 saturated carbocycles. The first-order valence-corrected chi connectivity index (χ1v) is 7.65. The second kappa shape index (κ2) is 5.55. The van der Waals surface area contributed by atoms with Gasteiger partial charge in [0.2, 0.25) is 0 Å². The van der Waals surface area contributed by atoms with Gasteiger partial charge in [0.15, 0.2) is 0 Å². The summed E-state index contributed by atoms with van der Waals surface area (Å²) in [6, 6.07) is 7.87. The summed E-state index contributed by atoms with van der Waals surface area (Å²) in [4.78, 5) is 23.0. The number of ether oxygens (including phenoxy) is 1. The predicted octanol–water partition coefficient (Wildman–Crippen LogP) is 3.70. The summed E-state index contributed by atoms with van der Waals surface area (Å²) in [7, 11) is 0. The van der Waals surface area contributed by atoms with Gasteiger partial charge in [0, 0.05) is 11.9 Å². The molecular weight excluding hydrogens is 278 g/mol. The molecule has 0 N–H and O–H groups in total. The van der Waals surface area contributed by atoms with Crippen molar-refractivity contribution < 1.29 is 9.53 Å². The fraction of sp³-hybridized carbons (Fsp3) is 0.471. The maximum absolute atomic E-state index is 12.4. The number of aromatic nitrogens is 2. The predicted molar refractivity (Wildman–Crippen MR) is 84.5 cm³/mol. The highest BCUT2D eigenvalue weighted by Gasteiger charge is 2.34. The normalized spacial score (nSPS) is 18.7. The van der Waals surface area contributed by atoms with Crippen molar-refractivity contribution in [2.45, 2.75) is 45.3 Å². The van der Waals surface area contributed by atoms with Crippen molar-refractivity contribution in [3.05, 3.63) is 36.3 Å². The van der Waals surface area contributed by atoms with E-state index in [0.29, 0.717) is 6.54 Å². The molecular formula is C17H21N3O2. The minimum absolute atomic E-state index is 0.0391. The standard InChI is InChI=1S/C17H21N3O2/c1-17(2,3)22-16(21)20-10-6-9-14(20)15-12-7-4-5-8-13(12)18-11-19-15/h4-5,7-8,11,14H,6,9-10H2,1-3H3. The van der Waals surface area contributed by atoms with E-state index in [2.05, 4.69) is 9.97 Å². The number of benzene rings is 1. The number of amides is 1. The Morgan fingerprint density at radius 3 is 2.82 bits per heavy atom. The number of hydrogen-bond donors (Lipinski definition) is 0. The van der Waals surface area contributed by atoms with E-state index in [1.165, 1.54) is 0 Å². The van der Waals surface area contributed by atoms with Gasteiger partial charge in [-0.2, -0.15) is 0 Å².